The quantitative estimate of drug-likeness (QED) is 0.617. The van der Waals surface area contributed by atoms with Crippen LogP contribution in [0, 0.1) is 52.3 Å². The summed E-state index contributed by atoms with van der Waals surface area (Å²) in [6.07, 6.45) is 11.3. The van der Waals surface area contributed by atoms with Crippen molar-refractivity contribution in [2.75, 3.05) is 0 Å². The van der Waals surface area contributed by atoms with Gasteiger partial charge >= 0.3 is 0 Å². The zero-order valence-corrected chi connectivity index (χ0v) is 19.0. The summed E-state index contributed by atoms with van der Waals surface area (Å²) in [5.74, 6) is 5.19. The Morgan fingerprint density at radius 2 is 1.71 bits per heavy atom. The van der Waals surface area contributed by atoms with E-state index in [0.717, 1.165) is 49.4 Å². The molecular weight excluding hydrogens is 344 g/mol. The van der Waals surface area contributed by atoms with Gasteiger partial charge in [0, 0.05) is 12.3 Å². The highest BCUT2D eigenvalue weighted by Crippen LogP contribution is 2.67. The van der Waals surface area contributed by atoms with Gasteiger partial charge in [-0.1, -0.05) is 41.0 Å². The Kier molecular flexibility index (Phi) is 5.52. The number of aliphatic hydroxyl groups excluding tert-OH is 1. The van der Waals surface area contributed by atoms with Crippen LogP contribution >= 0.6 is 0 Å². The molecule has 28 heavy (non-hydrogen) atoms. The third-order valence-electron chi connectivity index (χ3n) is 10.7. The molecule has 0 aromatic heterocycles. The molecule has 0 aromatic rings. The number of Topliss-reactive ketones (excluding diaryl/α,β-unsaturated/α-hetero) is 1. The first kappa shape index (κ1) is 20.9. The Bertz CT molecular complexity index is 599. The topological polar surface area (TPSA) is 37.3 Å². The molecule has 1 N–H and O–H groups in total. The van der Waals surface area contributed by atoms with Crippen LogP contribution in [0.3, 0.4) is 0 Å². The molecule has 4 fully saturated rings. The summed E-state index contributed by atoms with van der Waals surface area (Å²) in [7, 11) is 0. The van der Waals surface area contributed by atoms with Gasteiger partial charge in [0.05, 0.1) is 6.10 Å². The molecule has 0 spiro atoms. The van der Waals surface area contributed by atoms with Crippen molar-refractivity contribution in [1.29, 1.82) is 0 Å². The van der Waals surface area contributed by atoms with E-state index in [1.54, 1.807) is 0 Å². The zero-order chi connectivity index (χ0) is 20.3. The lowest BCUT2D eigenvalue weighted by Gasteiger charge is -2.60. The average molecular weight is 389 g/mol. The minimum absolute atomic E-state index is 0.128. The van der Waals surface area contributed by atoms with E-state index in [2.05, 4.69) is 34.6 Å². The number of aliphatic hydroxyl groups is 1. The lowest BCUT2D eigenvalue weighted by Crippen LogP contribution is -2.57. The van der Waals surface area contributed by atoms with E-state index in [1.165, 1.54) is 38.5 Å². The third kappa shape index (κ3) is 3.12. The highest BCUT2D eigenvalue weighted by Gasteiger charge is 2.62. The summed E-state index contributed by atoms with van der Waals surface area (Å²) >= 11 is 0. The average Bonchev–Trinajstić information content (AvgIpc) is 3.00. The second-order valence-corrected chi connectivity index (χ2v) is 12.0. The fourth-order valence-corrected chi connectivity index (χ4v) is 8.96. The van der Waals surface area contributed by atoms with Gasteiger partial charge in [-0.15, -0.1) is 0 Å². The maximum atomic E-state index is 13.2. The van der Waals surface area contributed by atoms with E-state index in [9.17, 15) is 9.90 Å². The molecule has 2 nitrogen and oxygen atoms in total. The molecule has 0 saturated heterocycles. The van der Waals surface area contributed by atoms with Crippen LogP contribution in [-0.4, -0.2) is 17.0 Å². The van der Waals surface area contributed by atoms with Crippen molar-refractivity contribution in [3.63, 3.8) is 0 Å². The minimum atomic E-state index is -0.246. The van der Waals surface area contributed by atoms with Gasteiger partial charge in [0.25, 0.3) is 0 Å². The largest absolute Gasteiger partial charge is 0.393 e. The summed E-state index contributed by atoms with van der Waals surface area (Å²) < 4.78 is 0. The number of hydrogen-bond donors (Lipinski definition) is 1. The van der Waals surface area contributed by atoms with E-state index in [1.807, 2.05) is 0 Å². The van der Waals surface area contributed by atoms with Crippen molar-refractivity contribution in [1.82, 2.24) is 0 Å². The SMILES string of the molecule is CCC(C)CC(C)[C@H]1CC[C@H]2[C@@H]3CC(=O)[C@H]4C[C@H](O)CC[C@]4(C)[C@H]3CC[C@]12C. The van der Waals surface area contributed by atoms with Crippen molar-refractivity contribution in [3.05, 3.63) is 0 Å². The number of ketones is 1. The molecule has 4 aliphatic rings. The first-order valence-corrected chi connectivity index (χ1v) is 12.4. The predicted octanol–water partition coefficient (Wildman–Crippen LogP) is 6.26. The molecule has 0 bridgehead atoms. The molecule has 4 aliphatic carbocycles. The first-order chi connectivity index (χ1) is 13.2. The smallest absolute Gasteiger partial charge is 0.136 e. The molecular formula is C26H44O2. The van der Waals surface area contributed by atoms with Crippen LogP contribution in [0.2, 0.25) is 0 Å². The molecule has 0 amide bonds. The third-order valence-corrected chi connectivity index (χ3v) is 10.7. The fraction of sp³-hybridized carbons (Fsp3) is 0.962. The van der Waals surface area contributed by atoms with Crippen LogP contribution < -0.4 is 0 Å². The van der Waals surface area contributed by atoms with Gasteiger partial charge in [0.15, 0.2) is 0 Å². The molecule has 0 aromatic carbocycles. The number of carbonyl (C=O) groups is 1. The van der Waals surface area contributed by atoms with E-state index in [4.69, 9.17) is 0 Å². The fourth-order valence-electron chi connectivity index (χ4n) is 8.96. The summed E-state index contributed by atoms with van der Waals surface area (Å²) in [5, 5.41) is 10.2. The van der Waals surface area contributed by atoms with Crippen LogP contribution in [0.25, 0.3) is 0 Å². The van der Waals surface area contributed by atoms with Gasteiger partial charge < -0.3 is 5.11 Å². The highest BCUT2D eigenvalue weighted by molar-refractivity contribution is 5.83. The van der Waals surface area contributed by atoms with Crippen molar-refractivity contribution in [2.45, 2.75) is 105 Å². The Morgan fingerprint density at radius 3 is 2.43 bits per heavy atom. The maximum absolute atomic E-state index is 13.2. The van der Waals surface area contributed by atoms with Crippen molar-refractivity contribution < 1.29 is 9.90 Å². The van der Waals surface area contributed by atoms with Gasteiger partial charge in [-0.3, -0.25) is 4.79 Å². The van der Waals surface area contributed by atoms with Gasteiger partial charge in [-0.05, 0) is 97.7 Å². The second-order valence-electron chi connectivity index (χ2n) is 12.0. The second kappa shape index (κ2) is 7.40. The Labute approximate surface area is 173 Å². The van der Waals surface area contributed by atoms with Gasteiger partial charge in [-0.2, -0.15) is 0 Å². The molecule has 4 rings (SSSR count). The van der Waals surface area contributed by atoms with Gasteiger partial charge in [0.1, 0.15) is 5.78 Å². The monoisotopic (exact) mass is 388 g/mol. The van der Waals surface area contributed by atoms with E-state index in [-0.39, 0.29) is 17.4 Å². The lowest BCUT2D eigenvalue weighted by atomic mass is 9.44. The van der Waals surface area contributed by atoms with Gasteiger partial charge in [0.2, 0.25) is 0 Å². The van der Waals surface area contributed by atoms with E-state index in [0.29, 0.717) is 23.0 Å². The zero-order valence-electron chi connectivity index (χ0n) is 19.0. The van der Waals surface area contributed by atoms with Crippen LogP contribution in [0.1, 0.15) is 98.8 Å². The normalized spacial score (nSPS) is 50.4. The lowest BCUT2D eigenvalue weighted by molar-refractivity contribution is -0.160. The molecule has 2 unspecified atom stereocenters. The maximum Gasteiger partial charge on any atom is 0.136 e. The van der Waals surface area contributed by atoms with Crippen LogP contribution in [0.4, 0.5) is 0 Å². The summed E-state index contributed by atoms with van der Waals surface area (Å²) in [4.78, 5) is 13.2. The molecule has 0 aliphatic heterocycles. The number of rotatable bonds is 4. The molecule has 0 radical (unpaired) electrons. The molecule has 0 heterocycles. The summed E-state index contributed by atoms with van der Waals surface area (Å²) in [6.45, 7) is 12.3. The van der Waals surface area contributed by atoms with E-state index < -0.39 is 0 Å². The molecule has 4 saturated carbocycles. The molecule has 2 heteroatoms. The van der Waals surface area contributed by atoms with Gasteiger partial charge in [-0.25, -0.2) is 0 Å². The van der Waals surface area contributed by atoms with E-state index >= 15 is 0 Å². The molecule has 160 valence electrons. The standard InChI is InChI=1S/C26H44O2/c1-6-16(2)13-17(3)20-7-8-21-19-15-24(28)23-14-18(27)9-11-26(23,5)22(19)10-12-25(20,21)4/h16-23,27H,6-15H2,1-5H3/t16?,17?,18-,19+,20-,21+,22+,23-,25-,26-/m1/s1. The van der Waals surface area contributed by atoms with Crippen LogP contribution in [0.15, 0.2) is 0 Å². The number of carbonyl (C=O) groups excluding carboxylic acids is 1. The minimum Gasteiger partial charge on any atom is -0.393 e. The van der Waals surface area contributed by atoms with Crippen LogP contribution in [-0.2, 0) is 4.79 Å². The van der Waals surface area contributed by atoms with Crippen molar-refractivity contribution >= 4 is 5.78 Å². The Hall–Kier alpha value is -0.370. The summed E-state index contributed by atoms with van der Waals surface area (Å²) in [6, 6.07) is 0. The molecule has 10 atom stereocenters. The predicted molar refractivity (Wildman–Crippen MR) is 115 cm³/mol. The first-order valence-electron chi connectivity index (χ1n) is 12.4. The summed E-state index contributed by atoms with van der Waals surface area (Å²) in [5.41, 5.74) is 0.604. The Balaban J connectivity index is 1.56. The number of fused-ring (bicyclic) bond motifs is 5. The van der Waals surface area contributed by atoms with Crippen molar-refractivity contribution in [3.8, 4) is 0 Å². The Morgan fingerprint density at radius 1 is 1.04 bits per heavy atom. The van der Waals surface area contributed by atoms with Crippen LogP contribution in [0.5, 0.6) is 0 Å². The van der Waals surface area contributed by atoms with Crippen molar-refractivity contribution in [2.24, 2.45) is 52.3 Å². The highest BCUT2D eigenvalue weighted by atomic mass is 16.3. The number of hydrogen-bond acceptors (Lipinski definition) is 2.